The van der Waals surface area contributed by atoms with Crippen LogP contribution in [0.3, 0.4) is 0 Å². The maximum Gasteiger partial charge on any atom is 0.472 e. The highest BCUT2D eigenvalue weighted by Gasteiger charge is 2.32. The van der Waals surface area contributed by atoms with Crippen LogP contribution in [0, 0.1) is 0 Å². The van der Waals surface area contributed by atoms with E-state index in [0.29, 0.717) is 51.4 Å². The van der Waals surface area contributed by atoms with Crippen LogP contribution in [0.15, 0.2) is 24.3 Å². The van der Waals surface area contributed by atoms with Gasteiger partial charge in [0, 0.05) is 39.1 Å². The summed E-state index contributed by atoms with van der Waals surface area (Å²) in [6.07, 6.45) is 42.7. The molecule has 0 rings (SSSR count). The number of phosphoric acid groups is 2. The topological polar surface area (TPSA) is 380 Å². The summed E-state index contributed by atoms with van der Waals surface area (Å²) in [6, 6.07) is -2.03. The number of aliphatic hydroxyl groups excluding tert-OH is 4. The molecule has 0 fully saturated rings. The standard InChI is InChI=1S/C82H156N4O22P2/c1-7-13-19-25-28-31-34-40-46-52-74(108-78(92)54-48-42-36-33-30-27-21-15-9-3)64-76(90)86-70(66-102-60-56-72(88)50-44-38-23-17-11-5)68-106-110(99,100)104-62-58-84-82(96)80(94)79(93)81(95)83-57-61-103-109(97,98)105-67-69(65-101-59-55-71(87)49-43-37-22-16-10-4)85-75(89)63-73(51-45-39-24-18-12-6)107-77(91)53-47-41-35-32-29-26-20-14-8-2/h32-33,35-36,69-74,79-80,87-88,93-94H,7-31,34,37-68H2,1-6H3,(H,83,95)(H,84,96)(H,85,89)(H,86,90)(H,97,98)(H,99,100)/b35-32+,36-33+/t69?,70?,71-,72-,73-,74-,79+,80+/m1/s1. The van der Waals surface area contributed by atoms with Crippen molar-refractivity contribution in [3.05, 3.63) is 24.3 Å². The Morgan fingerprint density at radius 3 is 0.964 bits per heavy atom. The average molecular weight is 1610 g/mol. The highest BCUT2D eigenvalue weighted by molar-refractivity contribution is 7.47. The Kier molecular flexibility index (Phi) is 71.6. The van der Waals surface area contributed by atoms with E-state index in [1.807, 2.05) is 0 Å². The zero-order valence-electron chi connectivity index (χ0n) is 69.1. The summed E-state index contributed by atoms with van der Waals surface area (Å²) in [5.74, 6) is -4.40. The van der Waals surface area contributed by atoms with Crippen molar-refractivity contribution in [3.8, 4) is 0 Å². The number of unbranched alkanes of at least 4 members (excludes halogenated alkanes) is 30. The molecule has 0 heterocycles. The lowest BCUT2D eigenvalue weighted by molar-refractivity contribution is -0.152. The molecule has 110 heavy (non-hydrogen) atoms. The van der Waals surface area contributed by atoms with E-state index in [-0.39, 0.29) is 52.1 Å². The number of phosphoric ester groups is 2. The highest BCUT2D eigenvalue weighted by Crippen LogP contribution is 2.44. The lowest BCUT2D eigenvalue weighted by Crippen LogP contribution is -2.50. The van der Waals surface area contributed by atoms with Gasteiger partial charge in [-0.15, -0.1) is 0 Å². The van der Waals surface area contributed by atoms with Crippen LogP contribution in [0.2, 0.25) is 0 Å². The van der Waals surface area contributed by atoms with Crippen molar-refractivity contribution in [3.63, 3.8) is 0 Å². The van der Waals surface area contributed by atoms with Gasteiger partial charge in [-0.3, -0.25) is 46.9 Å². The minimum Gasteiger partial charge on any atom is -0.462 e. The van der Waals surface area contributed by atoms with Crippen molar-refractivity contribution >= 4 is 51.2 Å². The van der Waals surface area contributed by atoms with Crippen molar-refractivity contribution in [1.29, 1.82) is 0 Å². The molecule has 0 aliphatic heterocycles. The SMILES string of the molecule is CCCCCC/C=C/CCCC(=O)O[C@H](CCCCCCC)CC(=O)NC(COCC[C@H](O)CCCCCCC)COP(=O)(O)OCCNC(=O)[C@@H](O)[C@H](O)C(=O)NCCOP(=O)(O)OCC(COCC[C@H](O)CCCCCCC)NC(=O)C[C@@H](CCCCCCCCCCC)OC(=O)CCC/C=C/CCCCCC. The third-order valence-electron chi connectivity index (χ3n) is 18.8. The molecule has 0 saturated carbocycles. The molecule has 10 atom stereocenters. The molecule has 0 saturated heterocycles. The Bertz CT molecular complexity index is 2420. The fraction of sp³-hybridized carbons (Fsp3) is 0.878. The van der Waals surface area contributed by atoms with Gasteiger partial charge in [0.15, 0.2) is 12.2 Å². The molecule has 0 radical (unpaired) electrons. The van der Waals surface area contributed by atoms with Crippen molar-refractivity contribution < 1.29 is 105 Å². The molecule has 0 aromatic heterocycles. The number of hydrogen-bond donors (Lipinski definition) is 10. The van der Waals surface area contributed by atoms with Crippen molar-refractivity contribution in [2.75, 3.05) is 65.9 Å². The number of carbonyl (C=O) groups is 6. The summed E-state index contributed by atoms with van der Waals surface area (Å²) in [6.45, 7) is 9.19. The summed E-state index contributed by atoms with van der Waals surface area (Å²) in [5, 5.41) is 52.3. The fourth-order valence-electron chi connectivity index (χ4n) is 12.1. The van der Waals surface area contributed by atoms with E-state index in [4.69, 9.17) is 37.0 Å². The molecule has 0 bridgehead atoms. The first-order valence-electron chi connectivity index (χ1n) is 43.0. The van der Waals surface area contributed by atoms with Crippen molar-refractivity contribution in [2.24, 2.45) is 0 Å². The summed E-state index contributed by atoms with van der Waals surface area (Å²) >= 11 is 0. The van der Waals surface area contributed by atoms with Gasteiger partial charge in [-0.25, -0.2) is 9.13 Å². The monoisotopic (exact) mass is 1610 g/mol. The minimum absolute atomic E-state index is 0.111. The van der Waals surface area contributed by atoms with Crippen LogP contribution in [0.5, 0.6) is 0 Å². The Morgan fingerprint density at radius 2 is 0.636 bits per heavy atom. The summed E-state index contributed by atoms with van der Waals surface area (Å²) in [7, 11) is -9.84. The number of hydrogen-bond acceptors (Lipinski definition) is 20. The zero-order valence-corrected chi connectivity index (χ0v) is 70.8. The van der Waals surface area contributed by atoms with Crippen LogP contribution in [-0.4, -0.2) is 180 Å². The van der Waals surface area contributed by atoms with Crippen LogP contribution in [0.25, 0.3) is 0 Å². The fourth-order valence-corrected chi connectivity index (χ4v) is 13.7. The van der Waals surface area contributed by atoms with E-state index in [9.17, 15) is 68.1 Å². The number of esters is 2. The van der Waals surface area contributed by atoms with Gasteiger partial charge in [0.1, 0.15) is 12.2 Å². The van der Waals surface area contributed by atoms with Crippen molar-refractivity contribution in [2.45, 2.75) is 398 Å². The van der Waals surface area contributed by atoms with Crippen LogP contribution < -0.4 is 21.3 Å². The van der Waals surface area contributed by atoms with Crippen LogP contribution in [-0.2, 0) is 74.9 Å². The van der Waals surface area contributed by atoms with E-state index < -0.39 is 139 Å². The largest absolute Gasteiger partial charge is 0.472 e. The molecular weight excluding hydrogens is 1450 g/mol. The molecule has 4 unspecified atom stereocenters. The van der Waals surface area contributed by atoms with Crippen LogP contribution in [0.1, 0.15) is 350 Å². The molecule has 26 nitrogen and oxygen atoms in total. The lowest BCUT2D eigenvalue weighted by atomic mass is 10.0. The van der Waals surface area contributed by atoms with Gasteiger partial charge >= 0.3 is 27.6 Å². The van der Waals surface area contributed by atoms with Crippen LogP contribution >= 0.6 is 15.6 Å². The third-order valence-corrected chi connectivity index (χ3v) is 20.8. The van der Waals surface area contributed by atoms with Gasteiger partial charge < -0.3 is 70.4 Å². The third kappa shape index (κ3) is 67.6. The quantitative estimate of drug-likeness (QED) is 0.0117. The zero-order chi connectivity index (χ0) is 81.4. The predicted molar refractivity (Wildman–Crippen MR) is 433 cm³/mol. The maximum absolute atomic E-state index is 13.8. The minimum atomic E-state index is -4.92. The normalized spacial score (nSPS) is 15.1. The van der Waals surface area contributed by atoms with Gasteiger partial charge in [0.2, 0.25) is 11.8 Å². The Labute approximate surface area is 663 Å². The Morgan fingerprint density at radius 1 is 0.345 bits per heavy atom. The number of rotatable bonds is 81. The number of nitrogens with one attached hydrogen (secondary N) is 4. The second-order valence-electron chi connectivity index (χ2n) is 29.5. The first-order valence-corrected chi connectivity index (χ1v) is 46.0. The number of amides is 4. The molecule has 28 heteroatoms. The summed E-state index contributed by atoms with van der Waals surface area (Å²) in [5.41, 5.74) is 0. The van der Waals surface area contributed by atoms with Crippen molar-refractivity contribution in [1.82, 2.24) is 21.3 Å². The van der Waals surface area contributed by atoms with E-state index in [0.717, 1.165) is 167 Å². The molecular formula is C82H156N4O22P2. The first kappa shape index (κ1) is 106. The van der Waals surface area contributed by atoms with E-state index in [1.54, 1.807) is 0 Å². The van der Waals surface area contributed by atoms with E-state index in [2.05, 4.69) is 87.1 Å². The molecule has 0 aliphatic rings. The summed E-state index contributed by atoms with van der Waals surface area (Å²) in [4.78, 5) is 101. The van der Waals surface area contributed by atoms with Gasteiger partial charge in [-0.2, -0.15) is 0 Å². The molecule has 10 N–H and O–H groups in total. The van der Waals surface area contributed by atoms with E-state index >= 15 is 0 Å². The smallest absolute Gasteiger partial charge is 0.462 e. The highest BCUT2D eigenvalue weighted by atomic mass is 31.2. The molecule has 4 amide bonds. The molecule has 646 valence electrons. The molecule has 0 aromatic rings. The number of allylic oxidation sites excluding steroid dienone is 4. The molecule has 0 spiro atoms. The average Bonchev–Trinajstić information content (AvgIpc) is 0.899. The second-order valence-corrected chi connectivity index (χ2v) is 32.4. The first-order chi connectivity index (χ1) is 53.0. The number of ether oxygens (including phenoxy) is 4. The van der Waals surface area contributed by atoms with E-state index in [1.165, 1.54) is 64.2 Å². The summed E-state index contributed by atoms with van der Waals surface area (Å²) < 4.78 is 70.5. The molecule has 0 aromatic carbocycles. The number of carbonyl (C=O) groups excluding carboxylic acids is 6. The Balaban J connectivity index is 5.80. The maximum atomic E-state index is 13.8. The number of aliphatic hydroxyl groups is 4. The Hall–Kier alpha value is -3.72. The van der Waals surface area contributed by atoms with Gasteiger partial charge in [-0.05, 0) is 103 Å². The van der Waals surface area contributed by atoms with Gasteiger partial charge in [0.25, 0.3) is 11.8 Å². The molecule has 0 aliphatic carbocycles. The lowest BCUT2D eigenvalue weighted by Gasteiger charge is -2.23. The van der Waals surface area contributed by atoms with Gasteiger partial charge in [0.05, 0.1) is 76.8 Å². The predicted octanol–water partition coefficient (Wildman–Crippen LogP) is 15.7. The second kappa shape index (κ2) is 74.1. The van der Waals surface area contributed by atoms with Gasteiger partial charge in [-0.1, -0.05) is 246 Å². The van der Waals surface area contributed by atoms with Crippen LogP contribution in [0.4, 0.5) is 0 Å².